The van der Waals surface area contributed by atoms with Crippen LogP contribution in [0, 0.1) is 0 Å². The standard InChI is InChI=1S/C25H29N3O4S/c1-27(2)22-14-12-21(13-15-22)26-33(29,30)24-18-32-28(3)25(24)20-10-7-11-23(16-20)31-17-19-8-5-4-6-9-19/h4-16,24-26H,17-18H2,1-3H3/t24-,25+/m0/s1. The molecule has 0 bridgehead atoms. The Labute approximate surface area is 195 Å². The number of hydrogen-bond donors (Lipinski definition) is 1. The molecule has 33 heavy (non-hydrogen) atoms. The maximum absolute atomic E-state index is 13.3. The van der Waals surface area contributed by atoms with E-state index in [1.807, 2.05) is 85.7 Å². The molecule has 1 aliphatic heterocycles. The van der Waals surface area contributed by atoms with Crippen molar-refractivity contribution in [3.05, 3.63) is 90.0 Å². The second-order valence-corrected chi connectivity index (χ2v) is 10.2. The van der Waals surface area contributed by atoms with Crippen LogP contribution in [0.1, 0.15) is 17.2 Å². The Morgan fingerprint density at radius 3 is 2.45 bits per heavy atom. The first-order valence-electron chi connectivity index (χ1n) is 10.7. The third-order valence-corrected chi connectivity index (χ3v) is 7.39. The lowest BCUT2D eigenvalue weighted by Crippen LogP contribution is -2.34. The van der Waals surface area contributed by atoms with Crippen LogP contribution in [0.4, 0.5) is 11.4 Å². The van der Waals surface area contributed by atoms with E-state index in [0.29, 0.717) is 18.0 Å². The number of hydrogen-bond acceptors (Lipinski definition) is 6. The Kier molecular flexibility index (Phi) is 6.88. The van der Waals surface area contributed by atoms with Gasteiger partial charge < -0.3 is 9.64 Å². The van der Waals surface area contributed by atoms with Gasteiger partial charge in [-0.2, -0.15) is 5.06 Å². The fourth-order valence-corrected chi connectivity index (χ4v) is 5.40. The summed E-state index contributed by atoms with van der Waals surface area (Å²) in [6, 6.07) is 24.2. The van der Waals surface area contributed by atoms with Crippen LogP contribution in [0.2, 0.25) is 0 Å². The monoisotopic (exact) mass is 467 g/mol. The number of nitrogens with one attached hydrogen (secondary N) is 1. The second-order valence-electron chi connectivity index (χ2n) is 8.26. The van der Waals surface area contributed by atoms with Crippen molar-refractivity contribution in [2.75, 3.05) is 37.4 Å². The molecule has 0 amide bonds. The van der Waals surface area contributed by atoms with E-state index in [2.05, 4.69) is 4.72 Å². The van der Waals surface area contributed by atoms with Crippen molar-refractivity contribution >= 4 is 21.4 Å². The maximum atomic E-state index is 13.3. The van der Waals surface area contributed by atoms with Crippen molar-refractivity contribution in [2.45, 2.75) is 17.9 Å². The molecule has 3 aromatic carbocycles. The fourth-order valence-electron chi connectivity index (χ4n) is 3.88. The smallest absolute Gasteiger partial charge is 0.239 e. The summed E-state index contributed by atoms with van der Waals surface area (Å²) in [7, 11) is 1.91. The molecule has 0 saturated carbocycles. The van der Waals surface area contributed by atoms with Crippen LogP contribution in [0.15, 0.2) is 78.9 Å². The number of nitrogens with zero attached hydrogens (tertiary/aromatic N) is 2. The molecular formula is C25H29N3O4S. The highest BCUT2D eigenvalue weighted by Crippen LogP contribution is 2.35. The van der Waals surface area contributed by atoms with Crippen LogP contribution in [0.3, 0.4) is 0 Å². The van der Waals surface area contributed by atoms with Crippen molar-refractivity contribution in [3.8, 4) is 5.75 Å². The number of sulfonamides is 1. The van der Waals surface area contributed by atoms with E-state index in [1.54, 1.807) is 24.2 Å². The summed E-state index contributed by atoms with van der Waals surface area (Å²) in [4.78, 5) is 7.60. The SMILES string of the molecule is CN(C)c1ccc(NS(=O)(=O)[C@H]2CON(C)[C@@H]2c2cccc(OCc3ccccc3)c2)cc1. The number of rotatable bonds is 8. The van der Waals surface area contributed by atoms with Crippen LogP contribution in [-0.2, 0) is 21.5 Å². The molecule has 1 saturated heterocycles. The molecule has 1 fully saturated rings. The lowest BCUT2D eigenvalue weighted by molar-refractivity contribution is -0.110. The summed E-state index contributed by atoms with van der Waals surface area (Å²) in [6.45, 7) is 0.509. The Morgan fingerprint density at radius 2 is 1.76 bits per heavy atom. The average molecular weight is 468 g/mol. The van der Waals surface area contributed by atoms with E-state index in [-0.39, 0.29) is 6.61 Å². The summed E-state index contributed by atoms with van der Waals surface area (Å²) in [5.74, 6) is 0.681. The molecule has 0 radical (unpaired) electrons. The van der Waals surface area contributed by atoms with Crippen LogP contribution in [0.5, 0.6) is 5.75 Å². The van der Waals surface area contributed by atoms with Crippen LogP contribution < -0.4 is 14.4 Å². The zero-order valence-electron chi connectivity index (χ0n) is 19.0. The zero-order chi connectivity index (χ0) is 23.4. The number of anilines is 2. The van der Waals surface area contributed by atoms with Gasteiger partial charge in [-0.15, -0.1) is 0 Å². The molecule has 2 atom stereocenters. The zero-order valence-corrected chi connectivity index (χ0v) is 19.8. The summed E-state index contributed by atoms with van der Waals surface area (Å²) in [5.41, 5.74) is 3.40. The highest BCUT2D eigenvalue weighted by atomic mass is 32.2. The van der Waals surface area contributed by atoms with Gasteiger partial charge in [-0.05, 0) is 47.5 Å². The number of ether oxygens (including phenoxy) is 1. The fraction of sp³-hybridized carbons (Fsp3) is 0.280. The summed E-state index contributed by atoms with van der Waals surface area (Å²) in [5, 5.41) is 0.829. The molecule has 0 unspecified atom stereocenters. The third-order valence-electron chi connectivity index (χ3n) is 5.68. The van der Waals surface area contributed by atoms with Crippen LogP contribution in [-0.4, -0.2) is 46.5 Å². The van der Waals surface area contributed by atoms with Crippen molar-refractivity contribution in [1.29, 1.82) is 0 Å². The topological polar surface area (TPSA) is 71.1 Å². The van der Waals surface area contributed by atoms with Gasteiger partial charge in [0, 0.05) is 32.5 Å². The van der Waals surface area contributed by atoms with Crippen LogP contribution >= 0.6 is 0 Å². The first-order chi connectivity index (χ1) is 15.8. The van der Waals surface area contributed by atoms with Gasteiger partial charge in [0.15, 0.2) is 0 Å². The summed E-state index contributed by atoms with van der Waals surface area (Å²) >= 11 is 0. The maximum Gasteiger partial charge on any atom is 0.239 e. The lowest BCUT2D eigenvalue weighted by atomic mass is 10.0. The third kappa shape index (κ3) is 5.47. The first-order valence-corrected chi connectivity index (χ1v) is 12.3. The molecule has 4 rings (SSSR count). The molecule has 8 heteroatoms. The molecule has 1 heterocycles. The van der Waals surface area contributed by atoms with Gasteiger partial charge >= 0.3 is 0 Å². The van der Waals surface area contributed by atoms with Gasteiger partial charge in [0.1, 0.15) is 17.6 Å². The van der Waals surface area contributed by atoms with E-state index in [0.717, 1.165) is 16.8 Å². The molecule has 1 N–H and O–H groups in total. The van der Waals surface area contributed by atoms with Crippen molar-refractivity contribution < 1.29 is 18.0 Å². The minimum atomic E-state index is -3.72. The molecule has 7 nitrogen and oxygen atoms in total. The summed E-state index contributed by atoms with van der Waals surface area (Å²) < 4.78 is 35.2. The average Bonchev–Trinajstić information content (AvgIpc) is 3.21. The van der Waals surface area contributed by atoms with E-state index >= 15 is 0 Å². The molecule has 1 aliphatic rings. The molecule has 0 spiro atoms. The van der Waals surface area contributed by atoms with E-state index in [9.17, 15) is 8.42 Å². The van der Waals surface area contributed by atoms with Gasteiger partial charge in [0.25, 0.3) is 0 Å². The van der Waals surface area contributed by atoms with Gasteiger partial charge in [0.2, 0.25) is 10.0 Å². The van der Waals surface area contributed by atoms with Gasteiger partial charge in [-0.1, -0.05) is 42.5 Å². The van der Waals surface area contributed by atoms with Crippen molar-refractivity contribution in [3.63, 3.8) is 0 Å². The largest absolute Gasteiger partial charge is 0.489 e. The number of hydroxylamine groups is 2. The molecule has 0 aliphatic carbocycles. The molecule has 174 valence electrons. The van der Waals surface area contributed by atoms with Crippen molar-refractivity contribution in [2.24, 2.45) is 0 Å². The van der Waals surface area contributed by atoms with E-state index < -0.39 is 21.3 Å². The first kappa shape index (κ1) is 23.1. The Bertz CT molecular complexity index is 1170. The normalized spacial score (nSPS) is 18.8. The molecule has 3 aromatic rings. The Morgan fingerprint density at radius 1 is 1.03 bits per heavy atom. The predicted octanol–water partition coefficient (Wildman–Crippen LogP) is 4.06. The lowest BCUT2D eigenvalue weighted by Gasteiger charge is -2.24. The Balaban J connectivity index is 1.51. The minimum absolute atomic E-state index is 0.0708. The predicted molar refractivity (Wildman–Crippen MR) is 131 cm³/mol. The second kappa shape index (κ2) is 9.82. The number of benzene rings is 3. The van der Waals surface area contributed by atoms with Gasteiger partial charge in [-0.25, -0.2) is 8.42 Å². The van der Waals surface area contributed by atoms with Crippen LogP contribution in [0.25, 0.3) is 0 Å². The molecular weight excluding hydrogens is 438 g/mol. The van der Waals surface area contributed by atoms with E-state index in [4.69, 9.17) is 9.57 Å². The minimum Gasteiger partial charge on any atom is -0.489 e. The highest BCUT2D eigenvalue weighted by molar-refractivity contribution is 7.93. The summed E-state index contributed by atoms with van der Waals surface area (Å²) in [6.07, 6.45) is 0. The van der Waals surface area contributed by atoms with Gasteiger partial charge in [-0.3, -0.25) is 9.56 Å². The quantitative estimate of drug-likeness (QED) is 0.539. The van der Waals surface area contributed by atoms with Gasteiger partial charge in [0.05, 0.1) is 12.6 Å². The Hall–Kier alpha value is -3.07. The van der Waals surface area contributed by atoms with E-state index in [1.165, 1.54) is 0 Å². The van der Waals surface area contributed by atoms with Crippen molar-refractivity contribution in [1.82, 2.24) is 5.06 Å². The highest BCUT2D eigenvalue weighted by Gasteiger charge is 2.43. The molecule has 0 aromatic heterocycles.